The molecule has 0 saturated carbocycles. The molecule has 166 valence electrons. The number of nitrogens with zero attached hydrogens (tertiary/aromatic N) is 3. The Hall–Kier alpha value is -3.59. The van der Waals surface area contributed by atoms with Crippen LogP contribution in [0.15, 0.2) is 58.1 Å². The molecule has 3 aromatic rings. The number of benzene rings is 2. The SMILES string of the molecule is Cc1cccc(-n2nc(C(=O)NC[C@@H]3CCCO3)c(=O)n(Cc3ccc(F)cc3)c2=O)c1. The third-order valence-corrected chi connectivity index (χ3v) is 5.29. The van der Waals surface area contributed by atoms with Crippen LogP contribution in [-0.2, 0) is 11.3 Å². The Labute approximate surface area is 183 Å². The molecule has 8 nitrogen and oxygen atoms in total. The normalized spacial score (nSPS) is 15.6. The van der Waals surface area contributed by atoms with E-state index in [0.717, 1.165) is 27.7 Å². The first-order valence-electron chi connectivity index (χ1n) is 10.4. The highest BCUT2D eigenvalue weighted by atomic mass is 19.1. The van der Waals surface area contributed by atoms with Gasteiger partial charge >= 0.3 is 5.69 Å². The summed E-state index contributed by atoms with van der Waals surface area (Å²) in [5.74, 6) is -1.11. The van der Waals surface area contributed by atoms with Gasteiger partial charge in [0, 0.05) is 13.2 Å². The molecule has 0 unspecified atom stereocenters. The average molecular weight is 438 g/mol. The van der Waals surface area contributed by atoms with E-state index < -0.39 is 28.7 Å². The molecule has 2 aromatic carbocycles. The van der Waals surface area contributed by atoms with E-state index in [-0.39, 0.29) is 19.2 Å². The molecule has 0 bridgehead atoms. The molecule has 1 saturated heterocycles. The van der Waals surface area contributed by atoms with Gasteiger partial charge in [0.05, 0.1) is 18.3 Å². The first kappa shape index (κ1) is 21.6. The number of aryl methyl sites for hydroxylation is 1. The minimum Gasteiger partial charge on any atom is -0.376 e. The Kier molecular flexibility index (Phi) is 6.27. The molecule has 0 radical (unpaired) electrons. The fraction of sp³-hybridized carbons (Fsp3) is 0.304. The number of hydrogen-bond donors (Lipinski definition) is 1. The van der Waals surface area contributed by atoms with Gasteiger partial charge < -0.3 is 10.1 Å². The summed E-state index contributed by atoms with van der Waals surface area (Å²) < 4.78 is 20.8. The van der Waals surface area contributed by atoms with Gasteiger partial charge in [0.15, 0.2) is 0 Å². The molecule has 1 fully saturated rings. The van der Waals surface area contributed by atoms with Gasteiger partial charge in [0.1, 0.15) is 5.82 Å². The maximum atomic E-state index is 13.3. The summed E-state index contributed by atoms with van der Waals surface area (Å²) >= 11 is 0. The van der Waals surface area contributed by atoms with Crippen LogP contribution in [0.25, 0.3) is 5.69 Å². The van der Waals surface area contributed by atoms with Gasteiger partial charge in [0.2, 0.25) is 5.69 Å². The lowest BCUT2D eigenvalue weighted by molar-refractivity contribution is 0.0849. The lowest BCUT2D eigenvalue weighted by Gasteiger charge is -2.14. The van der Waals surface area contributed by atoms with Crippen molar-refractivity contribution in [2.24, 2.45) is 0 Å². The average Bonchev–Trinajstić information content (AvgIpc) is 3.30. The second-order valence-corrected chi connectivity index (χ2v) is 7.74. The molecule has 1 atom stereocenters. The van der Waals surface area contributed by atoms with Gasteiger partial charge in [-0.1, -0.05) is 24.3 Å². The number of aromatic nitrogens is 3. The standard InChI is InChI=1S/C23H23FN4O4/c1-15-4-2-5-18(12-15)28-23(31)27(14-16-7-9-17(24)10-8-16)22(30)20(26-28)21(29)25-13-19-6-3-11-32-19/h2,4-5,7-10,12,19H,3,6,11,13-14H2,1H3,(H,25,29)/t19-/m0/s1. The van der Waals surface area contributed by atoms with E-state index in [1.165, 1.54) is 24.3 Å². The first-order chi connectivity index (χ1) is 15.4. The Bertz CT molecular complexity index is 1240. The molecule has 1 amide bonds. The second-order valence-electron chi connectivity index (χ2n) is 7.74. The predicted octanol–water partition coefficient (Wildman–Crippen LogP) is 1.80. The van der Waals surface area contributed by atoms with Crippen LogP contribution in [0, 0.1) is 12.7 Å². The summed E-state index contributed by atoms with van der Waals surface area (Å²) in [4.78, 5) is 39.0. The zero-order valence-electron chi connectivity index (χ0n) is 17.6. The van der Waals surface area contributed by atoms with Crippen LogP contribution in [0.1, 0.15) is 34.5 Å². The molecule has 32 heavy (non-hydrogen) atoms. The summed E-state index contributed by atoms with van der Waals surface area (Å²) in [6, 6.07) is 12.5. The van der Waals surface area contributed by atoms with Crippen molar-refractivity contribution in [1.29, 1.82) is 0 Å². The van der Waals surface area contributed by atoms with Crippen LogP contribution in [0.2, 0.25) is 0 Å². The summed E-state index contributed by atoms with van der Waals surface area (Å²) in [6.45, 7) is 2.62. The number of nitrogens with one attached hydrogen (secondary N) is 1. The Morgan fingerprint density at radius 1 is 1.22 bits per heavy atom. The molecular formula is C23H23FN4O4. The molecule has 1 N–H and O–H groups in total. The van der Waals surface area contributed by atoms with Gasteiger partial charge in [-0.3, -0.25) is 14.2 Å². The number of carbonyl (C=O) groups excluding carboxylic acids is 1. The van der Waals surface area contributed by atoms with Gasteiger partial charge in [-0.15, -0.1) is 0 Å². The molecule has 0 spiro atoms. The van der Waals surface area contributed by atoms with Crippen molar-refractivity contribution in [1.82, 2.24) is 19.7 Å². The van der Waals surface area contributed by atoms with Crippen LogP contribution >= 0.6 is 0 Å². The quantitative estimate of drug-likeness (QED) is 0.633. The van der Waals surface area contributed by atoms with E-state index in [0.29, 0.717) is 17.9 Å². The molecule has 1 aliphatic heterocycles. The Morgan fingerprint density at radius 2 is 2.00 bits per heavy atom. The number of carbonyl (C=O) groups is 1. The fourth-order valence-electron chi connectivity index (χ4n) is 3.59. The smallest absolute Gasteiger partial charge is 0.352 e. The third-order valence-electron chi connectivity index (χ3n) is 5.29. The zero-order chi connectivity index (χ0) is 22.7. The van der Waals surface area contributed by atoms with Crippen LogP contribution in [0.5, 0.6) is 0 Å². The second kappa shape index (κ2) is 9.27. The number of halogens is 1. The van der Waals surface area contributed by atoms with Gasteiger partial charge in [0.25, 0.3) is 11.5 Å². The zero-order valence-corrected chi connectivity index (χ0v) is 17.6. The number of hydrogen-bond acceptors (Lipinski definition) is 5. The van der Waals surface area contributed by atoms with E-state index in [2.05, 4.69) is 10.4 Å². The lowest BCUT2D eigenvalue weighted by Crippen LogP contribution is -2.46. The number of ether oxygens (including phenoxy) is 1. The maximum Gasteiger partial charge on any atom is 0.352 e. The lowest BCUT2D eigenvalue weighted by atomic mass is 10.2. The highest BCUT2D eigenvalue weighted by Crippen LogP contribution is 2.11. The molecule has 4 rings (SSSR count). The van der Waals surface area contributed by atoms with Crippen molar-refractivity contribution in [2.75, 3.05) is 13.2 Å². The molecule has 9 heteroatoms. The molecule has 1 aliphatic rings. The summed E-state index contributed by atoms with van der Waals surface area (Å²) in [5.41, 5.74) is -0.0499. The predicted molar refractivity (Wildman–Crippen MR) is 116 cm³/mol. The monoisotopic (exact) mass is 438 g/mol. The summed E-state index contributed by atoms with van der Waals surface area (Å²) in [7, 11) is 0. The summed E-state index contributed by atoms with van der Waals surface area (Å²) in [5, 5.41) is 6.79. The minimum atomic E-state index is -0.812. The Morgan fingerprint density at radius 3 is 2.69 bits per heavy atom. The highest BCUT2D eigenvalue weighted by Gasteiger charge is 2.22. The largest absolute Gasteiger partial charge is 0.376 e. The molecular weight excluding hydrogens is 415 g/mol. The van der Waals surface area contributed by atoms with Crippen LogP contribution < -0.4 is 16.6 Å². The molecule has 0 aliphatic carbocycles. The van der Waals surface area contributed by atoms with E-state index in [1.54, 1.807) is 18.2 Å². The fourth-order valence-corrected chi connectivity index (χ4v) is 3.59. The van der Waals surface area contributed by atoms with Gasteiger partial charge in [-0.25, -0.2) is 9.18 Å². The van der Waals surface area contributed by atoms with E-state index >= 15 is 0 Å². The van der Waals surface area contributed by atoms with Gasteiger partial charge in [-0.2, -0.15) is 9.78 Å². The van der Waals surface area contributed by atoms with Crippen LogP contribution in [0.4, 0.5) is 4.39 Å². The maximum absolute atomic E-state index is 13.3. The van der Waals surface area contributed by atoms with Crippen molar-refractivity contribution >= 4 is 5.91 Å². The first-order valence-corrected chi connectivity index (χ1v) is 10.4. The third kappa shape index (κ3) is 4.67. The van der Waals surface area contributed by atoms with Crippen molar-refractivity contribution < 1.29 is 13.9 Å². The van der Waals surface area contributed by atoms with E-state index in [9.17, 15) is 18.8 Å². The van der Waals surface area contributed by atoms with Crippen molar-refractivity contribution in [3.05, 3.63) is 92.0 Å². The van der Waals surface area contributed by atoms with Crippen LogP contribution in [0.3, 0.4) is 0 Å². The summed E-state index contributed by atoms with van der Waals surface area (Å²) in [6.07, 6.45) is 1.63. The minimum absolute atomic E-state index is 0.108. The highest BCUT2D eigenvalue weighted by molar-refractivity contribution is 5.91. The van der Waals surface area contributed by atoms with Crippen molar-refractivity contribution in [3.8, 4) is 5.69 Å². The van der Waals surface area contributed by atoms with Crippen molar-refractivity contribution in [2.45, 2.75) is 32.4 Å². The molecule has 2 heterocycles. The van der Waals surface area contributed by atoms with Gasteiger partial charge in [-0.05, 0) is 55.2 Å². The van der Waals surface area contributed by atoms with E-state index in [1.807, 2.05) is 13.0 Å². The Balaban J connectivity index is 1.76. The van der Waals surface area contributed by atoms with E-state index in [4.69, 9.17) is 4.74 Å². The number of rotatable bonds is 6. The van der Waals surface area contributed by atoms with Crippen molar-refractivity contribution in [3.63, 3.8) is 0 Å². The molecule has 1 aromatic heterocycles. The number of amides is 1. The topological polar surface area (TPSA) is 95.2 Å². The van der Waals surface area contributed by atoms with Crippen LogP contribution in [-0.4, -0.2) is 39.5 Å².